The van der Waals surface area contributed by atoms with Crippen LogP contribution in [0, 0.1) is 0 Å². The maximum atomic E-state index is 12.4. The number of thiophene rings is 1. The Balaban J connectivity index is 1.24. The maximum absolute atomic E-state index is 12.4. The zero-order valence-electron chi connectivity index (χ0n) is 12.7. The van der Waals surface area contributed by atoms with E-state index in [-0.39, 0.29) is 11.8 Å². The molecule has 0 N–H and O–H groups in total. The number of carbonyl (C=O) groups is 1. The van der Waals surface area contributed by atoms with Crippen LogP contribution in [0.4, 0.5) is 0 Å². The predicted molar refractivity (Wildman–Crippen MR) is 84.7 cm³/mol. The maximum Gasteiger partial charge on any atom is 0.276 e. The first-order valence-corrected chi connectivity index (χ1v) is 8.84. The third-order valence-electron chi connectivity index (χ3n) is 4.47. The Morgan fingerprint density at radius 1 is 1.21 bits per heavy atom. The molecule has 0 aromatic carbocycles. The largest absolute Gasteiger partial charge is 0.360 e. The van der Waals surface area contributed by atoms with Crippen molar-refractivity contribution in [1.29, 1.82) is 0 Å². The van der Waals surface area contributed by atoms with Gasteiger partial charge in [0.2, 0.25) is 11.7 Å². The van der Waals surface area contributed by atoms with Crippen molar-refractivity contribution in [3.63, 3.8) is 0 Å². The topological polar surface area (TPSA) is 85.3 Å². The van der Waals surface area contributed by atoms with Gasteiger partial charge in [-0.3, -0.25) is 4.79 Å². The Kier molecular flexibility index (Phi) is 3.05. The van der Waals surface area contributed by atoms with Gasteiger partial charge >= 0.3 is 0 Å². The molecule has 8 heteroatoms. The molecule has 0 radical (unpaired) electrons. The summed E-state index contributed by atoms with van der Waals surface area (Å²) in [4.78, 5) is 18.6. The van der Waals surface area contributed by atoms with E-state index in [0.717, 1.165) is 24.2 Å². The van der Waals surface area contributed by atoms with Crippen molar-refractivity contribution in [3.05, 3.63) is 40.2 Å². The Morgan fingerprint density at radius 2 is 2.08 bits per heavy atom. The summed E-state index contributed by atoms with van der Waals surface area (Å²) in [5, 5.41) is 11.9. The second kappa shape index (κ2) is 5.27. The lowest BCUT2D eigenvalue weighted by atomic mass is 9.99. The van der Waals surface area contributed by atoms with Gasteiger partial charge in [0.25, 0.3) is 5.91 Å². The molecule has 3 aromatic heterocycles. The fourth-order valence-corrected chi connectivity index (χ4v) is 3.46. The highest BCUT2D eigenvalue weighted by atomic mass is 32.1. The third-order valence-corrected chi connectivity index (χ3v) is 5.15. The van der Waals surface area contributed by atoms with Crippen molar-refractivity contribution in [2.75, 3.05) is 13.1 Å². The van der Waals surface area contributed by atoms with Crippen LogP contribution in [0.1, 0.15) is 46.8 Å². The Morgan fingerprint density at radius 3 is 2.83 bits per heavy atom. The molecule has 0 unspecified atom stereocenters. The van der Waals surface area contributed by atoms with Crippen molar-refractivity contribution in [2.45, 2.75) is 24.7 Å². The molecule has 0 spiro atoms. The molecule has 3 aromatic rings. The molecule has 0 bridgehead atoms. The van der Waals surface area contributed by atoms with Crippen LogP contribution in [-0.4, -0.2) is 39.2 Å². The first-order valence-electron chi connectivity index (χ1n) is 7.90. The highest BCUT2D eigenvalue weighted by Crippen LogP contribution is 2.40. The molecule has 7 nitrogen and oxygen atoms in total. The zero-order valence-corrected chi connectivity index (χ0v) is 13.5. The van der Waals surface area contributed by atoms with Crippen molar-refractivity contribution in [3.8, 4) is 11.4 Å². The number of aromatic nitrogens is 3. The molecule has 4 heterocycles. The van der Waals surface area contributed by atoms with Crippen LogP contribution in [0.5, 0.6) is 0 Å². The van der Waals surface area contributed by atoms with Crippen LogP contribution < -0.4 is 0 Å². The highest BCUT2D eigenvalue weighted by Gasteiger charge is 2.38. The van der Waals surface area contributed by atoms with Gasteiger partial charge in [0.1, 0.15) is 5.76 Å². The first-order chi connectivity index (χ1) is 11.8. The molecule has 0 atom stereocenters. The normalized spacial score (nSPS) is 17.9. The van der Waals surface area contributed by atoms with Gasteiger partial charge in [-0.1, -0.05) is 10.3 Å². The molecule has 1 aliphatic carbocycles. The van der Waals surface area contributed by atoms with Gasteiger partial charge in [0.15, 0.2) is 5.69 Å². The minimum atomic E-state index is -0.0977. The van der Waals surface area contributed by atoms with E-state index in [4.69, 9.17) is 9.05 Å². The van der Waals surface area contributed by atoms with Crippen LogP contribution in [0.15, 0.2) is 31.9 Å². The molecular weight excluding hydrogens is 328 g/mol. The number of hydrogen-bond acceptors (Lipinski definition) is 7. The Labute approximate surface area is 141 Å². The monoisotopic (exact) mass is 342 g/mol. The average Bonchev–Trinajstić information content (AvgIpc) is 3.02. The smallest absolute Gasteiger partial charge is 0.276 e. The summed E-state index contributed by atoms with van der Waals surface area (Å²) in [6.07, 6.45) is 2.25. The van der Waals surface area contributed by atoms with E-state index < -0.39 is 0 Å². The molecule has 5 rings (SSSR count). The molecule has 1 saturated carbocycles. The van der Waals surface area contributed by atoms with Gasteiger partial charge in [0.05, 0.1) is 5.92 Å². The summed E-state index contributed by atoms with van der Waals surface area (Å²) in [7, 11) is 0. The van der Waals surface area contributed by atoms with Gasteiger partial charge < -0.3 is 13.9 Å². The number of likely N-dealkylation sites (tertiary alicyclic amines) is 1. The molecule has 122 valence electrons. The van der Waals surface area contributed by atoms with Crippen LogP contribution >= 0.6 is 11.3 Å². The quantitative estimate of drug-likeness (QED) is 0.725. The van der Waals surface area contributed by atoms with Crippen LogP contribution in [0.3, 0.4) is 0 Å². The van der Waals surface area contributed by atoms with Gasteiger partial charge in [-0.15, -0.1) is 0 Å². The van der Waals surface area contributed by atoms with Crippen molar-refractivity contribution >= 4 is 17.2 Å². The standard InChI is InChI=1S/C16H14N4O3S/c21-16(12-5-13(22-18-12)9-1-2-9)20-6-11(7-20)15-17-14(19-23-15)10-3-4-24-8-10/h3-5,8-9,11H,1-2,6-7H2. The van der Waals surface area contributed by atoms with E-state index in [2.05, 4.69) is 15.3 Å². The average molecular weight is 342 g/mol. The van der Waals surface area contributed by atoms with Gasteiger partial charge in [-0.05, 0) is 24.3 Å². The van der Waals surface area contributed by atoms with E-state index >= 15 is 0 Å². The first kappa shape index (κ1) is 13.9. The molecule has 2 aliphatic rings. The van der Waals surface area contributed by atoms with Crippen LogP contribution in [0.2, 0.25) is 0 Å². The van der Waals surface area contributed by atoms with Crippen molar-refractivity contribution in [1.82, 2.24) is 20.2 Å². The van der Waals surface area contributed by atoms with E-state index in [1.54, 1.807) is 22.3 Å². The minimum absolute atomic E-state index is 0.0867. The SMILES string of the molecule is O=C(c1cc(C2CC2)on1)N1CC(c2nc(-c3ccsc3)no2)C1. The second-order valence-electron chi connectivity index (χ2n) is 6.26. The van der Waals surface area contributed by atoms with Gasteiger partial charge in [-0.2, -0.15) is 16.3 Å². The molecule has 24 heavy (non-hydrogen) atoms. The summed E-state index contributed by atoms with van der Waals surface area (Å²) in [5.41, 5.74) is 1.34. The lowest BCUT2D eigenvalue weighted by molar-refractivity contribution is 0.0558. The fraction of sp³-hybridized carbons (Fsp3) is 0.375. The number of carbonyl (C=O) groups excluding carboxylic acids is 1. The van der Waals surface area contributed by atoms with E-state index in [1.165, 1.54) is 0 Å². The second-order valence-corrected chi connectivity index (χ2v) is 7.04. The number of rotatable bonds is 4. The Hall–Kier alpha value is -2.48. The third kappa shape index (κ3) is 2.34. The summed E-state index contributed by atoms with van der Waals surface area (Å²) in [5.74, 6) is 2.45. The molecule has 2 fully saturated rings. The van der Waals surface area contributed by atoms with Crippen molar-refractivity contribution in [2.24, 2.45) is 0 Å². The van der Waals surface area contributed by atoms with E-state index in [1.807, 2.05) is 16.8 Å². The Bertz CT molecular complexity index is 875. The lowest BCUT2D eigenvalue weighted by Gasteiger charge is -2.36. The summed E-state index contributed by atoms with van der Waals surface area (Å²) in [6, 6.07) is 3.73. The molecule has 1 aliphatic heterocycles. The number of hydrogen-bond donors (Lipinski definition) is 0. The number of amides is 1. The van der Waals surface area contributed by atoms with E-state index in [9.17, 15) is 4.79 Å². The molecule has 1 amide bonds. The van der Waals surface area contributed by atoms with Crippen LogP contribution in [0.25, 0.3) is 11.4 Å². The molecular formula is C16H14N4O3S. The lowest BCUT2D eigenvalue weighted by Crippen LogP contribution is -2.48. The molecule has 1 saturated heterocycles. The predicted octanol–water partition coefficient (Wildman–Crippen LogP) is 2.90. The van der Waals surface area contributed by atoms with E-state index in [0.29, 0.717) is 36.4 Å². The summed E-state index contributed by atoms with van der Waals surface area (Å²) < 4.78 is 10.6. The highest BCUT2D eigenvalue weighted by molar-refractivity contribution is 7.08. The van der Waals surface area contributed by atoms with Crippen LogP contribution in [-0.2, 0) is 0 Å². The van der Waals surface area contributed by atoms with Gasteiger partial charge in [-0.25, -0.2) is 0 Å². The fourth-order valence-electron chi connectivity index (χ4n) is 2.82. The zero-order chi connectivity index (χ0) is 16.1. The van der Waals surface area contributed by atoms with Gasteiger partial charge in [0, 0.05) is 36.0 Å². The summed E-state index contributed by atoms with van der Waals surface area (Å²) in [6.45, 7) is 1.13. The summed E-state index contributed by atoms with van der Waals surface area (Å²) >= 11 is 1.59. The van der Waals surface area contributed by atoms with Crippen molar-refractivity contribution < 1.29 is 13.8 Å². The number of nitrogens with zero attached hydrogens (tertiary/aromatic N) is 4. The minimum Gasteiger partial charge on any atom is -0.360 e.